The van der Waals surface area contributed by atoms with E-state index < -0.39 is 17.8 Å². The number of carbonyl (C=O) groups excluding carboxylic acids is 2. The monoisotopic (exact) mass is 477 g/mol. The number of thioether (sulfide) groups is 1. The zero-order chi connectivity index (χ0) is 23.3. The van der Waals surface area contributed by atoms with Gasteiger partial charge in [0.05, 0.1) is 30.2 Å². The van der Waals surface area contributed by atoms with Crippen LogP contribution in [-0.2, 0) is 11.8 Å². The highest BCUT2D eigenvalue weighted by molar-refractivity contribution is 7.99. The second kappa shape index (κ2) is 10.5. The van der Waals surface area contributed by atoms with Crippen LogP contribution in [0.3, 0.4) is 0 Å². The lowest BCUT2D eigenvalue weighted by molar-refractivity contribution is -0.113. The lowest BCUT2D eigenvalue weighted by atomic mass is 10.2. The van der Waals surface area contributed by atoms with Crippen molar-refractivity contribution in [3.05, 3.63) is 64.7 Å². The smallest absolute Gasteiger partial charge is 0.254 e. The van der Waals surface area contributed by atoms with Crippen molar-refractivity contribution in [1.82, 2.24) is 20.1 Å². The Bertz CT molecular complexity index is 1140. The summed E-state index contributed by atoms with van der Waals surface area (Å²) in [7, 11) is 3.22. The molecule has 0 aliphatic heterocycles. The number of hydrogen-bond acceptors (Lipinski definition) is 6. The quantitative estimate of drug-likeness (QED) is 0.478. The summed E-state index contributed by atoms with van der Waals surface area (Å²) in [5.41, 5.74) is 0.415. The van der Waals surface area contributed by atoms with E-state index in [2.05, 4.69) is 20.8 Å². The molecule has 8 nitrogen and oxygen atoms in total. The van der Waals surface area contributed by atoms with Gasteiger partial charge < -0.3 is 19.9 Å². The molecular formula is C21H21ClFN5O3S. The minimum absolute atomic E-state index is 0.0516. The van der Waals surface area contributed by atoms with Gasteiger partial charge in [-0.2, -0.15) is 0 Å². The Hall–Kier alpha value is -3.11. The lowest BCUT2D eigenvalue weighted by Gasteiger charge is -2.14. The number of carbonyl (C=O) groups is 2. The maximum absolute atomic E-state index is 13.8. The van der Waals surface area contributed by atoms with Crippen molar-refractivity contribution in [3.63, 3.8) is 0 Å². The molecule has 0 bridgehead atoms. The Kier molecular flexibility index (Phi) is 7.70. The predicted octanol–water partition coefficient (Wildman–Crippen LogP) is 3.84. The second-order valence-corrected chi connectivity index (χ2v) is 8.14. The van der Waals surface area contributed by atoms with Gasteiger partial charge in [0.15, 0.2) is 11.0 Å². The summed E-state index contributed by atoms with van der Waals surface area (Å²) in [6.07, 6.45) is 0. The van der Waals surface area contributed by atoms with Gasteiger partial charge in [-0.1, -0.05) is 35.5 Å². The SMILES string of the molecule is COc1ccc(Cl)cc1NC(=O)CSc1nnc([C@@H](C)NC(=O)c2ccccc2F)n1C. The number of amides is 2. The van der Waals surface area contributed by atoms with Gasteiger partial charge in [-0.05, 0) is 37.3 Å². The summed E-state index contributed by atoms with van der Waals surface area (Å²) < 4.78 is 20.7. The fourth-order valence-corrected chi connectivity index (χ4v) is 3.80. The summed E-state index contributed by atoms with van der Waals surface area (Å²) in [5, 5.41) is 14.6. The molecule has 0 spiro atoms. The van der Waals surface area contributed by atoms with Crippen molar-refractivity contribution >= 4 is 40.9 Å². The fraction of sp³-hybridized carbons (Fsp3) is 0.238. The summed E-state index contributed by atoms with van der Waals surface area (Å²) in [6.45, 7) is 1.72. The molecule has 1 aromatic heterocycles. The van der Waals surface area contributed by atoms with E-state index in [0.717, 1.165) is 0 Å². The molecule has 2 N–H and O–H groups in total. The van der Waals surface area contributed by atoms with Crippen LogP contribution in [0.1, 0.15) is 29.1 Å². The average Bonchev–Trinajstić information content (AvgIpc) is 3.13. The highest BCUT2D eigenvalue weighted by atomic mass is 35.5. The summed E-state index contributed by atoms with van der Waals surface area (Å²) in [5.74, 6) is -0.405. The van der Waals surface area contributed by atoms with Gasteiger partial charge in [-0.3, -0.25) is 9.59 Å². The first-order valence-electron chi connectivity index (χ1n) is 9.51. The molecule has 3 rings (SSSR count). The molecule has 0 fully saturated rings. The van der Waals surface area contributed by atoms with Crippen molar-refractivity contribution < 1.29 is 18.7 Å². The summed E-state index contributed by atoms with van der Waals surface area (Å²) in [4.78, 5) is 24.7. The lowest BCUT2D eigenvalue weighted by Crippen LogP contribution is -2.29. The fourth-order valence-electron chi connectivity index (χ4n) is 2.91. The van der Waals surface area contributed by atoms with Crippen molar-refractivity contribution in [2.45, 2.75) is 18.1 Å². The highest BCUT2D eigenvalue weighted by Gasteiger charge is 2.20. The predicted molar refractivity (Wildman–Crippen MR) is 121 cm³/mol. The van der Waals surface area contributed by atoms with Crippen LogP contribution in [0.15, 0.2) is 47.6 Å². The van der Waals surface area contributed by atoms with Gasteiger partial charge in [-0.15, -0.1) is 10.2 Å². The largest absolute Gasteiger partial charge is 0.495 e. The standard InChI is InChI=1S/C21H21ClFN5O3S/c1-12(24-20(30)14-6-4-5-7-15(14)23)19-26-27-21(28(19)2)32-11-18(29)25-16-10-13(22)8-9-17(16)31-3/h4-10,12H,11H2,1-3H3,(H,24,30)(H,25,29)/t12-/m1/s1. The van der Waals surface area contributed by atoms with Gasteiger partial charge in [0, 0.05) is 12.1 Å². The number of benzene rings is 2. The van der Waals surface area contributed by atoms with E-state index in [4.69, 9.17) is 16.3 Å². The first kappa shape index (κ1) is 23.6. The van der Waals surface area contributed by atoms with Gasteiger partial charge in [0.2, 0.25) is 5.91 Å². The van der Waals surface area contributed by atoms with E-state index in [1.165, 1.54) is 37.1 Å². The van der Waals surface area contributed by atoms with Crippen LogP contribution in [0.5, 0.6) is 5.75 Å². The zero-order valence-electron chi connectivity index (χ0n) is 17.6. The molecule has 11 heteroatoms. The third-order valence-corrected chi connectivity index (χ3v) is 5.75. The van der Waals surface area contributed by atoms with E-state index in [0.29, 0.717) is 27.4 Å². The third kappa shape index (κ3) is 5.57. The number of methoxy groups -OCH3 is 1. The van der Waals surface area contributed by atoms with Crippen LogP contribution in [0.4, 0.5) is 10.1 Å². The molecule has 0 radical (unpaired) electrons. The highest BCUT2D eigenvalue weighted by Crippen LogP contribution is 2.28. The molecule has 2 amide bonds. The first-order valence-corrected chi connectivity index (χ1v) is 10.9. The maximum Gasteiger partial charge on any atom is 0.254 e. The first-order chi connectivity index (χ1) is 15.3. The number of hydrogen-bond donors (Lipinski definition) is 2. The topological polar surface area (TPSA) is 98.1 Å². The molecule has 0 saturated heterocycles. The van der Waals surface area contributed by atoms with Gasteiger partial charge >= 0.3 is 0 Å². The number of halogens is 2. The zero-order valence-corrected chi connectivity index (χ0v) is 19.1. The number of aromatic nitrogens is 3. The van der Waals surface area contributed by atoms with Gasteiger partial charge in [0.25, 0.3) is 5.91 Å². The number of nitrogens with zero attached hydrogens (tertiary/aromatic N) is 3. The van der Waals surface area contributed by atoms with E-state index in [1.807, 2.05) is 0 Å². The number of nitrogens with one attached hydrogen (secondary N) is 2. The maximum atomic E-state index is 13.8. The van der Waals surface area contributed by atoms with Gasteiger partial charge in [0.1, 0.15) is 11.6 Å². The molecule has 0 saturated carbocycles. The van der Waals surface area contributed by atoms with E-state index in [9.17, 15) is 14.0 Å². The number of rotatable bonds is 8. The van der Waals surface area contributed by atoms with Crippen molar-refractivity contribution in [1.29, 1.82) is 0 Å². The van der Waals surface area contributed by atoms with Crippen LogP contribution < -0.4 is 15.4 Å². The summed E-state index contributed by atoms with van der Waals surface area (Å²) in [6, 6.07) is 10.1. The van der Waals surface area contributed by atoms with Crippen molar-refractivity contribution in [3.8, 4) is 5.75 Å². The van der Waals surface area contributed by atoms with Crippen LogP contribution in [0, 0.1) is 5.82 Å². The molecule has 0 aliphatic rings. The Morgan fingerprint density at radius 1 is 1.25 bits per heavy atom. The van der Waals surface area contributed by atoms with Crippen LogP contribution in [0.2, 0.25) is 5.02 Å². The molecule has 0 unspecified atom stereocenters. The molecule has 1 atom stereocenters. The van der Waals surface area contributed by atoms with E-state index >= 15 is 0 Å². The van der Waals surface area contributed by atoms with Crippen molar-refractivity contribution in [2.24, 2.45) is 7.05 Å². The second-order valence-electron chi connectivity index (χ2n) is 6.76. The Morgan fingerprint density at radius 2 is 2.00 bits per heavy atom. The molecule has 3 aromatic rings. The minimum atomic E-state index is -0.603. The third-order valence-electron chi connectivity index (χ3n) is 4.49. The Balaban J connectivity index is 1.61. The Morgan fingerprint density at radius 3 is 2.72 bits per heavy atom. The van der Waals surface area contributed by atoms with Crippen LogP contribution in [0.25, 0.3) is 0 Å². The molecule has 32 heavy (non-hydrogen) atoms. The molecular weight excluding hydrogens is 457 g/mol. The van der Waals surface area contributed by atoms with Crippen molar-refractivity contribution in [2.75, 3.05) is 18.2 Å². The molecule has 1 heterocycles. The van der Waals surface area contributed by atoms with E-state index in [1.54, 1.807) is 42.8 Å². The van der Waals surface area contributed by atoms with Crippen LogP contribution >= 0.6 is 23.4 Å². The van der Waals surface area contributed by atoms with Crippen LogP contribution in [-0.4, -0.2) is 39.4 Å². The molecule has 2 aromatic carbocycles. The van der Waals surface area contributed by atoms with E-state index in [-0.39, 0.29) is 17.2 Å². The normalized spacial score (nSPS) is 11.7. The minimum Gasteiger partial charge on any atom is -0.495 e. The number of anilines is 1. The average molecular weight is 478 g/mol. The molecule has 0 aliphatic carbocycles. The summed E-state index contributed by atoms with van der Waals surface area (Å²) >= 11 is 7.16. The molecule has 168 valence electrons. The number of ether oxygens (including phenoxy) is 1. The van der Waals surface area contributed by atoms with Gasteiger partial charge in [-0.25, -0.2) is 4.39 Å². The Labute approximate surface area is 193 Å².